The number of aliphatic carboxylic acids is 1. The van der Waals surface area contributed by atoms with E-state index in [0.717, 1.165) is 24.3 Å². The van der Waals surface area contributed by atoms with Crippen molar-refractivity contribution in [2.24, 2.45) is 23.7 Å². The number of hydrogen-bond acceptors (Lipinski definition) is 11. The van der Waals surface area contributed by atoms with Crippen LogP contribution in [0, 0.1) is 23.7 Å². The lowest BCUT2D eigenvalue weighted by molar-refractivity contribution is -0.147. The van der Waals surface area contributed by atoms with Crippen LogP contribution in [0.2, 0.25) is 0 Å². The highest BCUT2D eigenvalue weighted by Crippen LogP contribution is 2.38. The third kappa shape index (κ3) is 23.2. The van der Waals surface area contributed by atoms with Gasteiger partial charge in [0.05, 0.1) is 41.6 Å². The van der Waals surface area contributed by atoms with Gasteiger partial charge in [-0.15, -0.1) is 0 Å². The standard InChI is InChI=1S/C26H35F3O6.C23H29F3O6.2CH4/c1-17(2)35-25(33)11-6-4-3-5-10-21-22(24(32)15-23(21)31)13-12-19(30)16-34-20-9-7-8-18(14-20)26(27,28)29;24-23(25,26)15-6-5-7-17(12-15)32-14-16(27)10-11-19-18(20(28)13-21(19)29)8-3-1-2-4-9-22(30)31;;/h3,5,7-9,12-14,17,19,21-24,30-32H,4,6,10-11,15-16H2,1-2H3;1,3,5-7,10-12,16,18-21,27-29H,2,4,8-9,13-14H2,(H,30,31);2*1H4/b5-3-,13-12+;3-1-,11-10+;;/t19-,21-,22-,23+,24-;16-,18-,19-,20+,21-;;/m11../s1. The first-order valence-electron chi connectivity index (χ1n) is 22.3. The fourth-order valence-corrected chi connectivity index (χ4v) is 7.72. The summed E-state index contributed by atoms with van der Waals surface area (Å²) in [5.41, 5.74) is -1.68. The van der Waals surface area contributed by atoms with Gasteiger partial charge in [-0.25, -0.2) is 0 Å². The summed E-state index contributed by atoms with van der Waals surface area (Å²) >= 11 is 0. The van der Waals surface area contributed by atoms with Gasteiger partial charge in [0.1, 0.15) is 36.9 Å². The molecule has 69 heavy (non-hydrogen) atoms. The van der Waals surface area contributed by atoms with Crippen LogP contribution in [0.1, 0.15) is 104 Å². The second-order valence-corrected chi connectivity index (χ2v) is 16.9. The van der Waals surface area contributed by atoms with Gasteiger partial charge in [-0.2, -0.15) is 26.3 Å². The van der Waals surface area contributed by atoms with Crippen molar-refractivity contribution < 1.29 is 85.9 Å². The molecular formula is C51H72F6O12. The summed E-state index contributed by atoms with van der Waals surface area (Å²) in [5.74, 6) is -2.43. The van der Waals surface area contributed by atoms with E-state index in [9.17, 15) is 66.6 Å². The lowest BCUT2D eigenvalue weighted by Gasteiger charge is -2.19. The Balaban J connectivity index is 0.000000673. The second-order valence-electron chi connectivity index (χ2n) is 16.9. The molecule has 2 aromatic rings. The lowest BCUT2D eigenvalue weighted by atomic mass is 9.89. The molecule has 0 spiro atoms. The van der Waals surface area contributed by atoms with Gasteiger partial charge in [-0.3, -0.25) is 9.59 Å². The highest BCUT2D eigenvalue weighted by atomic mass is 19.4. The van der Waals surface area contributed by atoms with Crippen LogP contribution in [0.4, 0.5) is 26.3 Å². The number of alkyl halides is 6. The molecule has 2 aliphatic rings. The number of rotatable bonds is 23. The molecule has 2 fully saturated rings. The van der Waals surface area contributed by atoms with Gasteiger partial charge in [-0.1, -0.05) is 75.6 Å². The molecule has 390 valence electrons. The number of carboxylic acid groups (broad SMARTS) is 1. The first kappa shape index (κ1) is 62.3. The van der Waals surface area contributed by atoms with Crippen LogP contribution < -0.4 is 9.47 Å². The van der Waals surface area contributed by atoms with Crippen molar-refractivity contribution in [1.29, 1.82) is 0 Å². The summed E-state index contributed by atoms with van der Waals surface area (Å²) < 4.78 is 92.3. The third-order valence-corrected chi connectivity index (χ3v) is 11.1. The number of halogens is 6. The van der Waals surface area contributed by atoms with Gasteiger partial charge in [0.2, 0.25) is 0 Å². The van der Waals surface area contributed by atoms with E-state index in [0.29, 0.717) is 44.9 Å². The molecular weight excluding hydrogens is 919 g/mol. The van der Waals surface area contributed by atoms with Crippen molar-refractivity contribution in [3.63, 3.8) is 0 Å². The number of ether oxygens (including phenoxy) is 3. The van der Waals surface area contributed by atoms with E-state index in [1.54, 1.807) is 26.0 Å². The predicted octanol–water partition coefficient (Wildman–Crippen LogP) is 9.26. The van der Waals surface area contributed by atoms with E-state index < -0.39 is 72.0 Å². The fourth-order valence-electron chi connectivity index (χ4n) is 7.72. The smallest absolute Gasteiger partial charge is 0.416 e. The van der Waals surface area contributed by atoms with Gasteiger partial charge < -0.3 is 50.0 Å². The molecule has 10 atom stereocenters. The zero-order valence-corrected chi connectivity index (χ0v) is 37.5. The number of esters is 1. The number of carboxylic acids is 1. The Labute approximate surface area is 401 Å². The summed E-state index contributed by atoms with van der Waals surface area (Å²) in [7, 11) is 0. The number of aliphatic hydroxyl groups is 6. The van der Waals surface area contributed by atoms with E-state index in [4.69, 9.17) is 19.3 Å². The second kappa shape index (κ2) is 30.8. The highest BCUT2D eigenvalue weighted by molar-refractivity contribution is 5.69. The Bertz CT molecular complexity index is 1920. The van der Waals surface area contributed by atoms with E-state index in [1.807, 2.05) is 24.3 Å². The Kier molecular flexibility index (Phi) is 27.8. The summed E-state index contributed by atoms with van der Waals surface area (Å²) in [6, 6.07) is 8.76. The third-order valence-electron chi connectivity index (χ3n) is 11.1. The van der Waals surface area contributed by atoms with Crippen LogP contribution in [0.5, 0.6) is 11.5 Å². The fraction of sp³-hybridized carbons (Fsp3) is 0.569. The number of benzene rings is 2. The van der Waals surface area contributed by atoms with Crippen LogP contribution in [0.3, 0.4) is 0 Å². The molecule has 2 aliphatic carbocycles. The molecule has 0 aromatic heterocycles. The van der Waals surface area contributed by atoms with Gasteiger partial charge >= 0.3 is 24.3 Å². The molecule has 7 N–H and O–H groups in total. The number of carbonyl (C=O) groups excluding carboxylic acids is 1. The van der Waals surface area contributed by atoms with Crippen molar-refractivity contribution >= 4 is 11.9 Å². The van der Waals surface area contributed by atoms with Crippen molar-refractivity contribution in [2.75, 3.05) is 13.2 Å². The SMILES string of the molecule is C.C.CC(C)OC(=O)CCC/C=C\C[C@@H]1[C@@H](/C=C/[C@@H](O)COc2cccc(C(F)(F)F)c2)[C@H](O)C[C@@H]1O.O=C(O)CCC/C=C\C[C@@H]1[C@@H](/C=C/[C@@H](O)COc2cccc(C(F)(F)F)c2)[C@H](O)C[C@@H]1O. The Morgan fingerprint density at radius 2 is 1.06 bits per heavy atom. The van der Waals surface area contributed by atoms with Crippen LogP contribution in [-0.4, -0.2) is 104 Å². The summed E-state index contributed by atoms with van der Waals surface area (Å²) in [4.78, 5) is 22.0. The van der Waals surface area contributed by atoms with Gasteiger partial charge in [0.25, 0.3) is 0 Å². The molecule has 0 saturated heterocycles. The Morgan fingerprint density at radius 3 is 1.43 bits per heavy atom. The molecule has 0 bridgehead atoms. The maximum Gasteiger partial charge on any atom is 0.416 e. The van der Waals surface area contributed by atoms with Crippen molar-refractivity contribution in [3.8, 4) is 11.5 Å². The monoisotopic (exact) mass is 990 g/mol. The number of allylic oxidation sites excluding steroid dienone is 4. The maximum atomic E-state index is 12.8. The zero-order chi connectivity index (χ0) is 49.7. The van der Waals surface area contributed by atoms with Crippen molar-refractivity contribution in [1.82, 2.24) is 0 Å². The van der Waals surface area contributed by atoms with Crippen molar-refractivity contribution in [3.05, 3.63) is 108 Å². The predicted molar refractivity (Wildman–Crippen MR) is 249 cm³/mol. The van der Waals surface area contributed by atoms with Crippen LogP contribution >= 0.6 is 0 Å². The van der Waals surface area contributed by atoms with E-state index >= 15 is 0 Å². The first-order valence-corrected chi connectivity index (χ1v) is 22.3. The number of aliphatic hydroxyl groups excluding tert-OH is 6. The Hall–Kier alpha value is -4.72. The Morgan fingerprint density at radius 1 is 0.652 bits per heavy atom. The molecule has 0 amide bonds. The van der Waals surface area contributed by atoms with E-state index in [2.05, 4.69) is 0 Å². The quantitative estimate of drug-likeness (QED) is 0.0241. The average molecular weight is 991 g/mol. The maximum absolute atomic E-state index is 12.8. The molecule has 0 radical (unpaired) electrons. The first-order chi connectivity index (χ1) is 31.5. The van der Waals surface area contributed by atoms with E-state index in [1.165, 1.54) is 36.4 Å². The van der Waals surface area contributed by atoms with Crippen LogP contribution in [0.25, 0.3) is 0 Å². The minimum Gasteiger partial charge on any atom is -0.491 e. The van der Waals surface area contributed by atoms with Gasteiger partial charge in [0, 0.05) is 37.5 Å². The van der Waals surface area contributed by atoms with Crippen LogP contribution in [-0.2, 0) is 26.7 Å². The lowest BCUT2D eigenvalue weighted by Crippen LogP contribution is -2.21. The van der Waals surface area contributed by atoms with Crippen molar-refractivity contribution in [2.45, 2.75) is 148 Å². The van der Waals surface area contributed by atoms with Gasteiger partial charge in [0.15, 0.2) is 0 Å². The zero-order valence-electron chi connectivity index (χ0n) is 37.5. The van der Waals surface area contributed by atoms with Gasteiger partial charge in [-0.05, 0) is 101 Å². The molecule has 18 heteroatoms. The highest BCUT2D eigenvalue weighted by Gasteiger charge is 2.40. The van der Waals surface area contributed by atoms with Crippen LogP contribution in [0.15, 0.2) is 97.1 Å². The molecule has 0 aliphatic heterocycles. The largest absolute Gasteiger partial charge is 0.491 e. The molecule has 4 rings (SSSR count). The number of unbranched alkanes of at least 4 members (excludes halogenated alkanes) is 2. The minimum atomic E-state index is -4.49. The topological polar surface area (TPSA) is 203 Å². The summed E-state index contributed by atoms with van der Waals surface area (Å²) in [6.45, 7) is 3.07. The number of carbonyl (C=O) groups is 2. The average Bonchev–Trinajstić information content (AvgIpc) is 3.68. The number of hydrogen-bond donors (Lipinski definition) is 7. The molecule has 12 nitrogen and oxygen atoms in total. The normalized spacial score (nSPS) is 23.7. The molecule has 2 aromatic carbocycles. The molecule has 0 unspecified atom stereocenters. The summed E-state index contributed by atoms with van der Waals surface area (Å²) in [6.07, 6.45) is 3.57. The molecule has 0 heterocycles. The minimum absolute atomic E-state index is 0. The molecule has 2 saturated carbocycles. The summed E-state index contributed by atoms with van der Waals surface area (Å²) in [5, 5.41) is 70.0. The van der Waals surface area contributed by atoms with E-state index in [-0.39, 0.29) is 88.7 Å².